The number of hydrogen-bond acceptors (Lipinski definition) is 3. The molecule has 0 atom stereocenters. The first-order chi connectivity index (χ1) is 9.84. The molecule has 0 spiro atoms. The van der Waals surface area contributed by atoms with Gasteiger partial charge in [0.15, 0.2) is 0 Å². The van der Waals surface area contributed by atoms with E-state index in [9.17, 15) is 4.79 Å². The fraction of sp³-hybridized carbons (Fsp3) is 0.500. The van der Waals surface area contributed by atoms with Crippen molar-refractivity contribution in [1.29, 1.82) is 0 Å². The number of nitrogens with one attached hydrogen (secondary N) is 1. The van der Waals surface area contributed by atoms with Crippen molar-refractivity contribution >= 4 is 37.4 Å². The van der Waals surface area contributed by atoms with E-state index in [0.717, 1.165) is 25.9 Å². The van der Waals surface area contributed by atoms with Crippen molar-refractivity contribution in [2.75, 3.05) is 13.1 Å². The number of piperidine rings is 1. The van der Waals surface area contributed by atoms with Crippen LogP contribution in [0.5, 0.6) is 0 Å². The van der Waals surface area contributed by atoms with Crippen LogP contribution in [0, 0.1) is 5.92 Å². The van der Waals surface area contributed by atoms with Gasteiger partial charge in [0, 0.05) is 5.40 Å². The Hall–Kier alpha value is -1.09. The van der Waals surface area contributed by atoms with Crippen molar-refractivity contribution in [3.8, 4) is 0 Å². The minimum absolute atomic E-state index is 0.0560. The van der Waals surface area contributed by atoms with Gasteiger partial charge in [-0.25, -0.2) is 4.79 Å². The molecule has 0 unspecified atom stereocenters. The quantitative estimate of drug-likeness (QED) is 0.520. The maximum Gasteiger partial charge on any atom is 0.337 e. The van der Waals surface area contributed by atoms with E-state index < -0.39 is 5.40 Å². The number of benzene rings is 1. The molecule has 0 aromatic heterocycles. The van der Waals surface area contributed by atoms with Gasteiger partial charge >= 0.3 is 5.97 Å². The molecule has 1 saturated heterocycles. The average Bonchev–Trinajstić information content (AvgIpc) is 2.48. The summed E-state index contributed by atoms with van der Waals surface area (Å²) in [6, 6.07) is 9.23. The van der Waals surface area contributed by atoms with E-state index in [2.05, 4.69) is 21.0 Å². The fourth-order valence-electron chi connectivity index (χ4n) is 3.03. The van der Waals surface area contributed by atoms with Crippen LogP contribution in [0.15, 0.2) is 30.3 Å². The van der Waals surface area contributed by atoms with Gasteiger partial charge in [-0.1, -0.05) is 23.4 Å². The Morgan fingerprint density at radius 3 is 2.24 bits per heavy atom. The summed E-state index contributed by atoms with van der Waals surface area (Å²) in [5, 5.41) is 2.84. The number of carbonyl (C=O) groups is 1. The van der Waals surface area contributed by atoms with Crippen LogP contribution < -0.4 is 5.32 Å². The minimum atomic E-state index is -0.498. The first-order valence-electron chi connectivity index (χ1n) is 7.84. The first kappa shape index (κ1) is 16.3. The topological polar surface area (TPSA) is 38.3 Å². The zero-order valence-corrected chi connectivity index (χ0v) is 13.6. The van der Waals surface area contributed by atoms with E-state index >= 15 is 0 Å². The maximum atomic E-state index is 12.4. The molecule has 3 nitrogen and oxygen atoms in total. The lowest BCUT2D eigenvalue weighted by molar-refractivity contribution is 0.0274. The number of carbonyl (C=O) groups excluding carboxylic acids is 1. The highest BCUT2D eigenvalue weighted by atomic mass is 16.5. The Bertz CT molecular complexity index is 487. The predicted octanol–water partition coefficient (Wildman–Crippen LogP) is -1.85. The monoisotopic (exact) mass is 281 g/mol. The Morgan fingerprint density at radius 1 is 1.10 bits per heavy atom. The van der Waals surface area contributed by atoms with Crippen LogP contribution in [-0.4, -0.2) is 55.8 Å². The molecule has 21 heavy (non-hydrogen) atoms. The van der Waals surface area contributed by atoms with Gasteiger partial charge < -0.3 is 10.1 Å². The van der Waals surface area contributed by atoms with Crippen LogP contribution >= 0.6 is 0 Å². The summed E-state index contributed by atoms with van der Waals surface area (Å²) < 4.78 is 5.88. The van der Waals surface area contributed by atoms with Gasteiger partial charge in [0.25, 0.3) is 0 Å². The molecule has 1 N–H and O–H groups in total. The molecule has 1 aromatic rings. The summed E-state index contributed by atoms with van der Waals surface area (Å²) >= 11 is 0. The summed E-state index contributed by atoms with van der Waals surface area (Å²) in [5.41, 5.74) is 0.617. The second-order valence-corrected chi connectivity index (χ2v) is 7.01. The summed E-state index contributed by atoms with van der Waals surface area (Å²) in [6.45, 7) is 2.10. The van der Waals surface area contributed by atoms with Crippen LogP contribution in [0.3, 0.4) is 0 Å². The Balaban J connectivity index is 2.11. The highest BCUT2D eigenvalue weighted by molar-refractivity contribution is 6.54. The third-order valence-electron chi connectivity index (χ3n) is 5.27. The number of rotatable bonds is 4. The smallest absolute Gasteiger partial charge is 0.337 e. The molecule has 1 aliphatic heterocycles. The van der Waals surface area contributed by atoms with Crippen LogP contribution in [0.4, 0.5) is 0 Å². The normalized spacial score (nSPS) is 17.3. The lowest BCUT2D eigenvalue weighted by Gasteiger charge is -2.48. The van der Waals surface area contributed by atoms with E-state index in [0.29, 0.717) is 11.5 Å². The van der Waals surface area contributed by atoms with Gasteiger partial charge in [-0.2, -0.15) is 0 Å². The maximum absolute atomic E-state index is 12.4. The van der Waals surface area contributed by atoms with Crippen LogP contribution in [-0.2, 0) is 4.74 Å². The van der Waals surface area contributed by atoms with Crippen molar-refractivity contribution in [2.24, 2.45) is 5.92 Å². The molecule has 0 aliphatic carbocycles. The highest BCUT2D eigenvalue weighted by Crippen LogP contribution is 2.43. The lowest BCUT2D eigenvalue weighted by atomic mass is 9.31. The van der Waals surface area contributed by atoms with E-state index in [-0.39, 0.29) is 11.2 Å². The molecule has 0 bridgehead atoms. The molecule has 0 saturated carbocycles. The van der Waals surface area contributed by atoms with Gasteiger partial charge in [0.05, 0.1) is 5.56 Å². The summed E-state index contributed by atoms with van der Waals surface area (Å²) in [5.74, 6) is 0.333. The van der Waals surface area contributed by atoms with Crippen molar-refractivity contribution in [3.05, 3.63) is 35.9 Å². The third kappa shape index (κ3) is 3.57. The molecule has 1 heterocycles. The molecule has 0 radical (unpaired) electrons. The second-order valence-electron chi connectivity index (χ2n) is 7.01. The van der Waals surface area contributed by atoms with E-state index in [1.807, 2.05) is 33.9 Å². The van der Waals surface area contributed by atoms with E-state index in [1.54, 1.807) is 12.1 Å². The van der Waals surface area contributed by atoms with Gasteiger partial charge in [-0.15, -0.1) is 0 Å². The van der Waals surface area contributed by atoms with Crippen molar-refractivity contribution in [3.63, 3.8) is 0 Å². The molecule has 108 valence electrons. The fourth-order valence-corrected chi connectivity index (χ4v) is 3.03. The Labute approximate surface area is 131 Å². The van der Waals surface area contributed by atoms with Crippen LogP contribution in [0.1, 0.15) is 23.2 Å². The van der Waals surface area contributed by atoms with Gasteiger partial charge in [0.2, 0.25) is 0 Å². The van der Waals surface area contributed by atoms with Crippen molar-refractivity contribution in [2.45, 2.75) is 23.5 Å². The average molecular weight is 281 g/mol. The summed E-state index contributed by atoms with van der Waals surface area (Å²) in [7, 11) is 8.52. The lowest BCUT2D eigenvalue weighted by Crippen LogP contribution is -2.54. The number of hydrogen-bond donors (Lipinski definition) is 1. The number of ether oxygens (including phenoxy) is 1. The van der Waals surface area contributed by atoms with Gasteiger partial charge in [-0.3, -0.25) is 0 Å². The van der Waals surface area contributed by atoms with Crippen molar-refractivity contribution in [1.82, 2.24) is 5.32 Å². The first-order valence-corrected chi connectivity index (χ1v) is 7.84. The van der Waals surface area contributed by atoms with Gasteiger partial charge in [0.1, 0.15) is 31.4 Å². The molecule has 7 heteroatoms. The Morgan fingerprint density at radius 2 is 1.67 bits per heavy atom. The minimum Gasteiger partial charge on any atom is -0.475 e. The summed E-state index contributed by atoms with van der Waals surface area (Å²) in [6.07, 6.45) is 2.28. The van der Waals surface area contributed by atoms with Crippen molar-refractivity contribution < 1.29 is 9.53 Å². The summed E-state index contributed by atoms with van der Waals surface area (Å²) in [4.78, 5) is 12.4. The largest absolute Gasteiger partial charge is 0.475 e. The predicted molar refractivity (Wildman–Crippen MR) is 97.1 cm³/mol. The van der Waals surface area contributed by atoms with E-state index in [1.165, 1.54) is 0 Å². The Kier molecular flexibility index (Phi) is 4.92. The SMILES string of the molecule is BC(B)(OC(=O)c1ccccc1)C(B)(B)C1CCNCC1. The molecule has 1 aromatic carbocycles. The molecular formula is C14H23B4NO2. The number of esters is 1. The third-order valence-corrected chi connectivity index (χ3v) is 5.27. The van der Waals surface area contributed by atoms with Crippen LogP contribution in [0.2, 0.25) is 5.21 Å². The standard InChI is InChI=1S/C14H23B4NO2/c15-13(16,11-6-8-19-9-7-11)14(17,18)21-12(20)10-4-2-1-3-5-10/h1-5,11,19H,6-9,15-18H2. The molecule has 2 rings (SSSR count). The van der Waals surface area contributed by atoms with Crippen LogP contribution in [0.25, 0.3) is 0 Å². The second kappa shape index (κ2) is 6.35. The van der Waals surface area contributed by atoms with E-state index in [4.69, 9.17) is 4.74 Å². The molecule has 0 amide bonds. The zero-order chi connectivity index (χ0) is 15.5. The highest BCUT2D eigenvalue weighted by Gasteiger charge is 2.45. The van der Waals surface area contributed by atoms with Gasteiger partial charge in [-0.05, 0) is 44.0 Å². The molecule has 1 aliphatic rings. The molecule has 1 fully saturated rings. The zero-order valence-electron chi connectivity index (χ0n) is 13.6. The molecular weight excluding hydrogens is 257 g/mol.